The summed E-state index contributed by atoms with van der Waals surface area (Å²) in [6.07, 6.45) is 5.21. The normalized spacial score (nSPS) is 16.7. The fraction of sp³-hybridized carbons (Fsp3) is 0.320. The van der Waals surface area contributed by atoms with E-state index in [0.717, 1.165) is 5.56 Å². The van der Waals surface area contributed by atoms with Gasteiger partial charge in [-0.15, -0.1) is 0 Å². The number of rotatable bonds is 10. The second kappa shape index (κ2) is 11.8. The molecule has 0 bridgehead atoms. The molecule has 2 heterocycles. The van der Waals surface area contributed by atoms with Crippen LogP contribution in [0.5, 0.6) is 0 Å². The van der Waals surface area contributed by atoms with Gasteiger partial charge in [-0.2, -0.15) is 0 Å². The SMILES string of the molecule is O=C(Nc1ccc(S(=O)(=O)Nc2ncccn2)cc1)[C@@H]1CCCN(S(=O)(=O)CCCc2ccccc2)C1. The molecule has 0 radical (unpaired) electrons. The van der Waals surface area contributed by atoms with E-state index in [1.165, 1.54) is 41.0 Å². The number of nitrogens with one attached hydrogen (secondary N) is 2. The molecular weight excluding hydrogens is 514 g/mol. The molecule has 1 amide bonds. The van der Waals surface area contributed by atoms with Gasteiger partial charge in [0.25, 0.3) is 10.0 Å². The van der Waals surface area contributed by atoms with E-state index in [2.05, 4.69) is 20.0 Å². The number of carbonyl (C=O) groups is 1. The predicted octanol–water partition coefficient (Wildman–Crippen LogP) is 2.89. The summed E-state index contributed by atoms with van der Waals surface area (Å²) in [7, 11) is -7.36. The summed E-state index contributed by atoms with van der Waals surface area (Å²) in [5, 5.41) is 2.78. The van der Waals surface area contributed by atoms with E-state index in [0.29, 0.717) is 37.9 Å². The minimum absolute atomic E-state index is 0.0108. The molecule has 2 N–H and O–H groups in total. The number of hydrogen-bond acceptors (Lipinski definition) is 7. The van der Waals surface area contributed by atoms with Crippen LogP contribution in [0.2, 0.25) is 0 Å². The highest BCUT2D eigenvalue weighted by molar-refractivity contribution is 7.92. The van der Waals surface area contributed by atoms with Crippen molar-refractivity contribution in [3.8, 4) is 0 Å². The summed E-state index contributed by atoms with van der Waals surface area (Å²) >= 11 is 0. The number of carbonyl (C=O) groups excluding carboxylic acids is 1. The Hall–Kier alpha value is -3.35. The summed E-state index contributed by atoms with van der Waals surface area (Å²) < 4.78 is 54.5. The van der Waals surface area contributed by atoms with Crippen LogP contribution in [-0.2, 0) is 31.3 Å². The van der Waals surface area contributed by atoms with E-state index in [4.69, 9.17) is 0 Å². The average Bonchev–Trinajstić information content (AvgIpc) is 2.90. The first-order valence-electron chi connectivity index (χ1n) is 12.0. The van der Waals surface area contributed by atoms with E-state index in [9.17, 15) is 21.6 Å². The molecule has 10 nitrogen and oxygen atoms in total. The second-order valence-electron chi connectivity index (χ2n) is 8.79. The highest BCUT2D eigenvalue weighted by Crippen LogP contribution is 2.23. The van der Waals surface area contributed by atoms with Crippen molar-refractivity contribution < 1.29 is 21.6 Å². The van der Waals surface area contributed by atoms with Crippen LogP contribution in [0, 0.1) is 5.92 Å². The summed E-state index contributed by atoms with van der Waals surface area (Å²) in [6.45, 7) is 0.537. The molecule has 0 aliphatic carbocycles. The Balaban J connectivity index is 1.31. The molecule has 1 fully saturated rings. The molecule has 0 saturated carbocycles. The second-order valence-corrected chi connectivity index (χ2v) is 12.6. The smallest absolute Gasteiger partial charge is 0.264 e. The van der Waals surface area contributed by atoms with E-state index >= 15 is 0 Å². The minimum Gasteiger partial charge on any atom is -0.326 e. The minimum atomic E-state index is -3.89. The van der Waals surface area contributed by atoms with Crippen LogP contribution in [0.25, 0.3) is 0 Å². The Labute approximate surface area is 217 Å². The molecule has 4 rings (SSSR count). The molecule has 1 saturated heterocycles. The Morgan fingerprint density at radius 1 is 0.946 bits per heavy atom. The monoisotopic (exact) mass is 543 g/mol. The molecule has 1 atom stereocenters. The summed E-state index contributed by atoms with van der Waals surface area (Å²) in [5.74, 6) is -0.792. The third kappa shape index (κ3) is 7.34. The molecular formula is C25H29N5O5S2. The van der Waals surface area contributed by atoms with Crippen molar-refractivity contribution in [1.82, 2.24) is 14.3 Å². The van der Waals surface area contributed by atoms with Gasteiger partial charge in [0, 0.05) is 31.2 Å². The van der Waals surface area contributed by atoms with Gasteiger partial charge in [0.2, 0.25) is 21.9 Å². The lowest BCUT2D eigenvalue weighted by atomic mass is 9.99. The van der Waals surface area contributed by atoms with Gasteiger partial charge in [0.1, 0.15) is 0 Å². The number of aromatic nitrogens is 2. The highest BCUT2D eigenvalue weighted by atomic mass is 32.2. The number of benzene rings is 2. The molecule has 0 unspecified atom stereocenters. The highest BCUT2D eigenvalue weighted by Gasteiger charge is 2.32. The predicted molar refractivity (Wildman–Crippen MR) is 141 cm³/mol. The molecule has 1 aliphatic heterocycles. The van der Waals surface area contributed by atoms with Crippen LogP contribution < -0.4 is 10.0 Å². The molecule has 12 heteroatoms. The summed E-state index contributed by atoms with van der Waals surface area (Å²) in [6, 6.07) is 17.0. The fourth-order valence-electron chi connectivity index (χ4n) is 4.13. The number of hydrogen-bond donors (Lipinski definition) is 2. The van der Waals surface area contributed by atoms with Crippen LogP contribution in [0.3, 0.4) is 0 Å². The lowest BCUT2D eigenvalue weighted by Gasteiger charge is -2.31. The van der Waals surface area contributed by atoms with Crippen LogP contribution in [0.4, 0.5) is 11.6 Å². The van der Waals surface area contributed by atoms with Gasteiger partial charge in [-0.05, 0) is 61.6 Å². The number of aryl methyl sites for hydroxylation is 1. The Morgan fingerprint density at radius 2 is 1.65 bits per heavy atom. The van der Waals surface area contributed by atoms with Gasteiger partial charge >= 0.3 is 0 Å². The van der Waals surface area contributed by atoms with Gasteiger partial charge in [0.15, 0.2) is 0 Å². The van der Waals surface area contributed by atoms with Crippen LogP contribution in [-0.4, -0.2) is 55.9 Å². The third-order valence-corrected chi connectivity index (χ3v) is 9.35. The van der Waals surface area contributed by atoms with Gasteiger partial charge in [-0.25, -0.2) is 35.8 Å². The molecule has 1 aliphatic rings. The van der Waals surface area contributed by atoms with Crippen molar-refractivity contribution in [3.05, 3.63) is 78.6 Å². The number of amides is 1. The Morgan fingerprint density at radius 3 is 2.35 bits per heavy atom. The van der Waals surface area contributed by atoms with Crippen LogP contribution in [0.1, 0.15) is 24.8 Å². The quantitative estimate of drug-likeness (QED) is 0.401. The van der Waals surface area contributed by atoms with Crippen molar-refractivity contribution >= 4 is 37.6 Å². The maximum Gasteiger partial charge on any atom is 0.264 e. The zero-order valence-corrected chi connectivity index (χ0v) is 21.8. The first kappa shape index (κ1) is 26.7. The van der Waals surface area contributed by atoms with Gasteiger partial charge < -0.3 is 5.32 Å². The van der Waals surface area contributed by atoms with Gasteiger partial charge in [-0.3, -0.25) is 4.79 Å². The maximum atomic E-state index is 12.9. The lowest BCUT2D eigenvalue weighted by Crippen LogP contribution is -2.44. The van der Waals surface area contributed by atoms with Crippen molar-refractivity contribution in [2.24, 2.45) is 5.92 Å². The van der Waals surface area contributed by atoms with Gasteiger partial charge in [-0.1, -0.05) is 30.3 Å². The largest absolute Gasteiger partial charge is 0.326 e. The van der Waals surface area contributed by atoms with Crippen molar-refractivity contribution in [1.29, 1.82) is 0 Å². The van der Waals surface area contributed by atoms with E-state index in [-0.39, 0.29) is 29.0 Å². The number of nitrogens with zero attached hydrogens (tertiary/aromatic N) is 3. The number of anilines is 2. The zero-order valence-electron chi connectivity index (χ0n) is 20.2. The van der Waals surface area contributed by atoms with Crippen LogP contribution >= 0.6 is 0 Å². The standard InChI is InChI=1S/C25H29N5O5S2/c31-24(28-22-11-13-23(14-12-22)37(34,35)29-25-26-15-6-16-27-25)21-10-4-17-30(19-21)36(32,33)18-5-9-20-7-2-1-3-8-20/h1-3,6-8,11-16,21H,4-5,9-10,17-19H2,(H,28,31)(H,26,27,29)/t21-/m1/s1. The molecule has 3 aromatic rings. The number of sulfonamides is 2. The first-order chi connectivity index (χ1) is 17.7. The third-order valence-electron chi connectivity index (χ3n) is 6.08. The van der Waals surface area contributed by atoms with E-state index in [1.807, 2.05) is 30.3 Å². The van der Waals surface area contributed by atoms with Crippen molar-refractivity contribution in [3.63, 3.8) is 0 Å². The summed E-state index contributed by atoms with van der Waals surface area (Å²) in [5.41, 5.74) is 1.51. The molecule has 37 heavy (non-hydrogen) atoms. The zero-order chi connectivity index (χ0) is 26.3. The molecule has 196 valence electrons. The van der Waals surface area contributed by atoms with Gasteiger partial charge in [0.05, 0.1) is 16.6 Å². The average molecular weight is 544 g/mol. The molecule has 2 aromatic carbocycles. The lowest BCUT2D eigenvalue weighted by molar-refractivity contribution is -0.120. The maximum absolute atomic E-state index is 12.9. The van der Waals surface area contributed by atoms with Crippen molar-refractivity contribution in [2.45, 2.75) is 30.6 Å². The van der Waals surface area contributed by atoms with E-state index < -0.39 is 26.0 Å². The Bertz CT molecular complexity index is 1400. The first-order valence-corrected chi connectivity index (χ1v) is 15.0. The van der Waals surface area contributed by atoms with Crippen molar-refractivity contribution in [2.75, 3.05) is 28.9 Å². The molecule has 1 aromatic heterocycles. The topological polar surface area (TPSA) is 138 Å². The number of piperidine rings is 1. The van der Waals surface area contributed by atoms with E-state index in [1.54, 1.807) is 6.07 Å². The van der Waals surface area contributed by atoms with Crippen LogP contribution in [0.15, 0.2) is 78.0 Å². The summed E-state index contributed by atoms with van der Waals surface area (Å²) in [4.78, 5) is 20.6. The molecule has 0 spiro atoms. The Kier molecular flexibility index (Phi) is 8.52. The fourth-order valence-corrected chi connectivity index (χ4v) is 6.67.